The quantitative estimate of drug-likeness (QED) is 0.785. The van der Waals surface area contributed by atoms with Gasteiger partial charge in [0.25, 0.3) is 0 Å². The van der Waals surface area contributed by atoms with Gasteiger partial charge in [-0.25, -0.2) is 4.98 Å². The first-order chi connectivity index (χ1) is 7.88. The van der Waals surface area contributed by atoms with E-state index in [1.165, 1.54) is 0 Å². The molecule has 0 aliphatic rings. The summed E-state index contributed by atoms with van der Waals surface area (Å²) in [4.78, 5) is 4.06. The van der Waals surface area contributed by atoms with Gasteiger partial charge < -0.3 is 9.47 Å². The lowest BCUT2D eigenvalue weighted by Gasteiger charge is -2.06. The van der Waals surface area contributed by atoms with Crippen molar-refractivity contribution in [1.82, 2.24) is 4.98 Å². The van der Waals surface area contributed by atoms with E-state index in [-0.39, 0.29) is 0 Å². The molecule has 2 rings (SSSR count). The first kappa shape index (κ1) is 10.5. The third kappa shape index (κ3) is 2.73. The molecule has 16 heavy (non-hydrogen) atoms. The zero-order chi connectivity index (χ0) is 11.2. The summed E-state index contributed by atoms with van der Waals surface area (Å²) in [6, 6.07) is 13.6. The number of benzene rings is 1. The number of ether oxygens (including phenoxy) is 2. The first-order valence-corrected chi connectivity index (χ1v) is 5.05. The van der Waals surface area contributed by atoms with Crippen molar-refractivity contribution in [3.63, 3.8) is 0 Å². The highest BCUT2D eigenvalue weighted by Gasteiger charge is 1.97. The second-order valence-corrected chi connectivity index (χ2v) is 3.31. The Kier molecular flexibility index (Phi) is 3.38. The number of methoxy groups -OCH3 is 1. The molecule has 0 radical (unpaired) electrons. The summed E-state index contributed by atoms with van der Waals surface area (Å²) < 4.78 is 10.5. The van der Waals surface area contributed by atoms with Crippen LogP contribution in [0, 0.1) is 0 Å². The summed E-state index contributed by atoms with van der Waals surface area (Å²) in [7, 11) is 1.59. The van der Waals surface area contributed by atoms with Crippen molar-refractivity contribution in [3.8, 4) is 11.6 Å². The SMILES string of the molecule is COc1ccc(OCc2ccccc2)cn1. The fourth-order valence-electron chi connectivity index (χ4n) is 1.31. The van der Waals surface area contributed by atoms with E-state index in [0.717, 1.165) is 11.3 Å². The molecule has 0 amide bonds. The van der Waals surface area contributed by atoms with E-state index in [4.69, 9.17) is 9.47 Å². The van der Waals surface area contributed by atoms with Crippen molar-refractivity contribution >= 4 is 0 Å². The van der Waals surface area contributed by atoms with Crippen molar-refractivity contribution in [3.05, 3.63) is 54.2 Å². The normalized spacial score (nSPS) is 9.81. The van der Waals surface area contributed by atoms with Gasteiger partial charge >= 0.3 is 0 Å². The molecule has 0 aliphatic carbocycles. The molecule has 3 nitrogen and oxygen atoms in total. The largest absolute Gasteiger partial charge is 0.487 e. The van der Waals surface area contributed by atoms with E-state index >= 15 is 0 Å². The highest BCUT2D eigenvalue weighted by atomic mass is 16.5. The third-order valence-electron chi connectivity index (χ3n) is 2.17. The lowest BCUT2D eigenvalue weighted by Crippen LogP contribution is -1.95. The van der Waals surface area contributed by atoms with Crippen LogP contribution in [0.3, 0.4) is 0 Å². The minimum atomic E-state index is 0.550. The average molecular weight is 215 g/mol. The van der Waals surface area contributed by atoms with Crippen LogP contribution >= 0.6 is 0 Å². The summed E-state index contributed by atoms with van der Waals surface area (Å²) >= 11 is 0. The molecule has 0 atom stereocenters. The number of rotatable bonds is 4. The molecule has 0 spiro atoms. The van der Waals surface area contributed by atoms with Crippen molar-refractivity contribution in [2.75, 3.05) is 7.11 Å². The van der Waals surface area contributed by atoms with E-state index in [2.05, 4.69) is 4.98 Å². The molecule has 1 aromatic heterocycles. The number of nitrogens with zero attached hydrogens (tertiary/aromatic N) is 1. The highest BCUT2D eigenvalue weighted by Crippen LogP contribution is 2.14. The number of pyridine rings is 1. The predicted molar refractivity (Wildman–Crippen MR) is 61.6 cm³/mol. The Morgan fingerprint density at radius 3 is 2.50 bits per heavy atom. The van der Waals surface area contributed by atoms with E-state index in [0.29, 0.717) is 12.5 Å². The molecule has 1 aromatic carbocycles. The Morgan fingerprint density at radius 1 is 1.06 bits per heavy atom. The molecule has 0 bridgehead atoms. The smallest absolute Gasteiger partial charge is 0.213 e. The maximum atomic E-state index is 5.57. The molecule has 82 valence electrons. The Balaban J connectivity index is 1.94. The van der Waals surface area contributed by atoms with Crippen LogP contribution in [-0.2, 0) is 6.61 Å². The molecule has 0 fully saturated rings. The molecule has 0 saturated carbocycles. The van der Waals surface area contributed by atoms with Crippen molar-refractivity contribution < 1.29 is 9.47 Å². The highest BCUT2D eigenvalue weighted by molar-refractivity contribution is 5.23. The lowest BCUT2D eigenvalue weighted by molar-refractivity contribution is 0.303. The summed E-state index contributed by atoms with van der Waals surface area (Å²) in [5, 5.41) is 0. The van der Waals surface area contributed by atoms with Crippen molar-refractivity contribution in [2.45, 2.75) is 6.61 Å². The molecule has 0 N–H and O–H groups in total. The second kappa shape index (κ2) is 5.16. The van der Waals surface area contributed by atoms with Crippen LogP contribution in [0.15, 0.2) is 48.7 Å². The van der Waals surface area contributed by atoms with Gasteiger partial charge in [-0.05, 0) is 11.6 Å². The lowest BCUT2D eigenvalue weighted by atomic mass is 10.2. The Morgan fingerprint density at radius 2 is 1.88 bits per heavy atom. The third-order valence-corrected chi connectivity index (χ3v) is 2.17. The van der Waals surface area contributed by atoms with Crippen LogP contribution < -0.4 is 9.47 Å². The van der Waals surface area contributed by atoms with Crippen LogP contribution in [0.25, 0.3) is 0 Å². The summed E-state index contributed by atoms with van der Waals surface area (Å²) in [6.07, 6.45) is 1.65. The minimum absolute atomic E-state index is 0.550. The molecule has 1 heterocycles. The van der Waals surface area contributed by atoms with Gasteiger partial charge in [0.1, 0.15) is 12.4 Å². The average Bonchev–Trinajstić information content (AvgIpc) is 2.38. The van der Waals surface area contributed by atoms with Crippen LogP contribution in [0.5, 0.6) is 11.6 Å². The van der Waals surface area contributed by atoms with Crippen LogP contribution in [0.4, 0.5) is 0 Å². The second-order valence-electron chi connectivity index (χ2n) is 3.31. The fourth-order valence-corrected chi connectivity index (χ4v) is 1.31. The van der Waals surface area contributed by atoms with Crippen LogP contribution in [0.2, 0.25) is 0 Å². The summed E-state index contributed by atoms with van der Waals surface area (Å²) in [5.74, 6) is 1.33. The van der Waals surface area contributed by atoms with Gasteiger partial charge in [-0.2, -0.15) is 0 Å². The Bertz CT molecular complexity index is 425. The predicted octanol–water partition coefficient (Wildman–Crippen LogP) is 2.67. The molecule has 0 saturated heterocycles. The molecular formula is C13H13NO2. The maximum Gasteiger partial charge on any atom is 0.213 e. The molecular weight excluding hydrogens is 202 g/mol. The molecule has 0 aliphatic heterocycles. The summed E-state index contributed by atoms with van der Waals surface area (Å²) in [5.41, 5.74) is 1.14. The minimum Gasteiger partial charge on any atom is -0.487 e. The molecule has 2 aromatic rings. The zero-order valence-electron chi connectivity index (χ0n) is 9.09. The standard InChI is InChI=1S/C13H13NO2/c1-15-13-8-7-12(9-14-13)16-10-11-5-3-2-4-6-11/h2-9H,10H2,1H3. The van der Waals surface area contributed by atoms with Crippen molar-refractivity contribution in [1.29, 1.82) is 0 Å². The first-order valence-electron chi connectivity index (χ1n) is 5.05. The van der Waals surface area contributed by atoms with Crippen molar-refractivity contribution in [2.24, 2.45) is 0 Å². The number of hydrogen-bond donors (Lipinski definition) is 0. The van der Waals surface area contributed by atoms with Gasteiger partial charge in [-0.1, -0.05) is 30.3 Å². The van der Waals surface area contributed by atoms with Gasteiger partial charge in [0.05, 0.1) is 13.3 Å². The topological polar surface area (TPSA) is 31.4 Å². The van der Waals surface area contributed by atoms with E-state index in [1.807, 2.05) is 36.4 Å². The van der Waals surface area contributed by atoms with Gasteiger partial charge in [0.2, 0.25) is 5.88 Å². The van der Waals surface area contributed by atoms with E-state index in [1.54, 1.807) is 19.4 Å². The maximum absolute atomic E-state index is 5.57. The number of aromatic nitrogens is 1. The van der Waals surface area contributed by atoms with Gasteiger partial charge in [0, 0.05) is 6.07 Å². The van der Waals surface area contributed by atoms with Gasteiger partial charge in [-0.15, -0.1) is 0 Å². The number of hydrogen-bond acceptors (Lipinski definition) is 3. The van der Waals surface area contributed by atoms with E-state index in [9.17, 15) is 0 Å². The Hall–Kier alpha value is -2.03. The van der Waals surface area contributed by atoms with E-state index < -0.39 is 0 Å². The summed E-state index contributed by atoms with van der Waals surface area (Å²) in [6.45, 7) is 0.550. The Labute approximate surface area is 94.7 Å². The fraction of sp³-hybridized carbons (Fsp3) is 0.154. The monoisotopic (exact) mass is 215 g/mol. The van der Waals surface area contributed by atoms with Gasteiger partial charge in [0.15, 0.2) is 0 Å². The molecule has 3 heteroatoms. The van der Waals surface area contributed by atoms with Crippen LogP contribution in [-0.4, -0.2) is 12.1 Å². The van der Waals surface area contributed by atoms with Crippen LogP contribution in [0.1, 0.15) is 5.56 Å². The molecule has 0 unspecified atom stereocenters. The zero-order valence-corrected chi connectivity index (χ0v) is 9.09. The van der Waals surface area contributed by atoms with Gasteiger partial charge in [-0.3, -0.25) is 0 Å².